The maximum absolute atomic E-state index is 12.5. The maximum Gasteiger partial charge on any atom is 0.341 e. The Kier molecular flexibility index (Phi) is 7.19. The zero-order chi connectivity index (χ0) is 21.9. The first-order valence-electron chi connectivity index (χ1n) is 10.6. The van der Waals surface area contributed by atoms with Crippen molar-refractivity contribution in [2.45, 2.75) is 71.3 Å². The minimum absolute atomic E-state index is 0.0541. The third-order valence-electron chi connectivity index (χ3n) is 5.66. The molecule has 1 aliphatic rings. The molecule has 1 aromatic carbocycles. The van der Waals surface area contributed by atoms with E-state index in [2.05, 4.69) is 62.6 Å². The van der Waals surface area contributed by atoms with E-state index in [9.17, 15) is 4.79 Å². The van der Waals surface area contributed by atoms with Crippen LogP contribution in [0.15, 0.2) is 24.3 Å². The molecule has 4 nitrogen and oxygen atoms in total. The Morgan fingerprint density at radius 3 is 2.43 bits per heavy atom. The topological polar surface area (TPSA) is 50.4 Å². The molecule has 3 rings (SSSR count). The van der Waals surface area contributed by atoms with Gasteiger partial charge in [-0.15, -0.1) is 11.3 Å². The van der Waals surface area contributed by atoms with Crippen LogP contribution < -0.4 is 10.6 Å². The molecule has 162 valence electrons. The molecule has 0 spiro atoms. The first-order chi connectivity index (χ1) is 14.2. The summed E-state index contributed by atoms with van der Waals surface area (Å²) in [5.41, 5.74) is 4.41. The molecule has 2 aromatic rings. The van der Waals surface area contributed by atoms with E-state index >= 15 is 0 Å². The van der Waals surface area contributed by atoms with Gasteiger partial charge in [0, 0.05) is 4.88 Å². The number of ether oxygens (including phenoxy) is 1. The van der Waals surface area contributed by atoms with Crippen molar-refractivity contribution in [3.63, 3.8) is 0 Å². The van der Waals surface area contributed by atoms with Crippen molar-refractivity contribution in [3.05, 3.63) is 51.4 Å². The summed E-state index contributed by atoms with van der Waals surface area (Å²) in [5, 5.41) is 7.94. The van der Waals surface area contributed by atoms with Crippen LogP contribution in [-0.4, -0.2) is 18.2 Å². The summed E-state index contributed by atoms with van der Waals surface area (Å²) in [6.07, 6.45) is 5.42. The van der Waals surface area contributed by atoms with E-state index in [-0.39, 0.29) is 17.4 Å². The molecular formula is C24H32N2O2S2. The number of carbonyl (C=O) groups excluding carboxylic acids is 1. The summed E-state index contributed by atoms with van der Waals surface area (Å²) in [6, 6.07) is 8.70. The van der Waals surface area contributed by atoms with Crippen LogP contribution >= 0.6 is 23.6 Å². The minimum atomic E-state index is -0.287. The number of esters is 1. The lowest BCUT2D eigenvalue weighted by Crippen LogP contribution is -2.31. The lowest BCUT2D eigenvalue weighted by atomic mass is 9.86. The van der Waals surface area contributed by atoms with Crippen molar-refractivity contribution in [2.75, 3.05) is 12.4 Å². The number of aryl methyl sites for hydroxylation is 1. The van der Waals surface area contributed by atoms with Gasteiger partial charge >= 0.3 is 5.97 Å². The molecule has 1 aliphatic carbocycles. The molecule has 0 amide bonds. The Bertz CT molecular complexity index is 911. The average Bonchev–Trinajstić information content (AvgIpc) is 2.87. The number of methoxy groups -OCH3 is 1. The molecule has 1 heterocycles. The SMILES string of the molecule is COC(=O)c1c(NC(=S)NC(C)c2ccc(C(C)(C)C)cc2)sc2c1CCCCC2. The third kappa shape index (κ3) is 5.22. The lowest BCUT2D eigenvalue weighted by molar-refractivity contribution is 0.0601. The minimum Gasteiger partial charge on any atom is -0.465 e. The zero-order valence-electron chi connectivity index (χ0n) is 18.6. The first kappa shape index (κ1) is 22.8. The van der Waals surface area contributed by atoms with Crippen LogP contribution in [0, 0.1) is 0 Å². The average molecular weight is 445 g/mol. The zero-order valence-corrected chi connectivity index (χ0v) is 20.2. The first-order valence-corrected chi connectivity index (χ1v) is 11.8. The van der Waals surface area contributed by atoms with Gasteiger partial charge in [0.2, 0.25) is 0 Å². The fourth-order valence-electron chi connectivity index (χ4n) is 3.84. The molecule has 0 fully saturated rings. The fraction of sp³-hybridized carbons (Fsp3) is 0.500. The molecule has 1 aromatic heterocycles. The van der Waals surface area contributed by atoms with E-state index in [1.54, 1.807) is 11.3 Å². The van der Waals surface area contributed by atoms with Gasteiger partial charge in [-0.05, 0) is 66.9 Å². The molecule has 0 radical (unpaired) electrons. The van der Waals surface area contributed by atoms with Crippen molar-refractivity contribution in [1.29, 1.82) is 0 Å². The summed E-state index contributed by atoms with van der Waals surface area (Å²) >= 11 is 7.21. The van der Waals surface area contributed by atoms with E-state index in [4.69, 9.17) is 17.0 Å². The van der Waals surface area contributed by atoms with Gasteiger partial charge in [-0.25, -0.2) is 4.79 Å². The summed E-state index contributed by atoms with van der Waals surface area (Å²) in [6.45, 7) is 8.73. The van der Waals surface area contributed by atoms with Crippen LogP contribution in [0.5, 0.6) is 0 Å². The molecule has 6 heteroatoms. The van der Waals surface area contributed by atoms with Crippen molar-refractivity contribution in [3.8, 4) is 0 Å². The number of hydrogen-bond acceptors (Lipinski definition) is 4. The van der Waals surface area contributed by atoms with Gasteiger partial charge in [-0.1, -0.05) is 51.5 Å². The van der Waals surface area contributed by atoms with E-state index in [1.165, 1.54) is 29.5 Å². The van der Waals surface area contributed by atoms with Crippen LogP contribution in [-0.2, 0) is 23.0 Å². The van der Waals surface area contributed by atoms with Crippen molar-refractivity contribution in [2.24, 2.45) is 0 Å². The Morgan fingerprint density at radius 2 is 1.80 bits per heavy atom. The number of thiocarbonyl (C=S) groups is 1. The van der Waals surface area contributed by atoms with Gasteiger partial charge in [0.15, 0.2) is 5.11 Å². The molecule has 1 unspecified atom stereocenters. The van der Waals surface area contributed by atoms with Crippen LogP contribution in [0.1, 0.15) is 84.9 Å². The summed E-state index contributed by atoms with van der Waals surface area (Å²) in [4.78, 5) is 13.8. The molecule has 2 N–H and O–H groups in total. The molecule has 1 atom stereocenters. The van der Waals surface area contributed by atoms with Gasteiger partial charge in [-0.3, -0.25) is 0 Å². The molecule has 0 saturated carbocycles. The predicted molar refractivity (Wildman–Crippen MR) is 130 cm³/mol. The monoisotopic (exact) mass is 444 g/mol. The normalized spacial score (nSPS) is 15.0. The fourth-order valence-corrected chi connectivity index (χ4v) is 5.46. The Hall–Kier alpha value is -1.92. The number of carbonyl (C=O) groups is 1. The molecule has 0 aliphatic heterocycles. The number of hydrogen-bond donors (Lipinski definition) is 2. The standard InChI is InChI=1S/C24H32N2O2S2/c1-15(16-11-13-17(14-12-16)24(2,3)4)25-23(29)26-21-20(22(27)28-5)18-9-7-6-8-10-19(18)30-21/h11-15H,6-10H2,1-5H3,(H2,25,26,29). The van der Waals surface area contributed by atoms with Crippen LogP contribution in [0.25, 0.3) is 0 Å². The van der Waals surface area contributed by atoms with E-state index in [0.29, 0.717) is 10.7 Å². The second-order valence-electron chi connectivity index (χ2n) is 8.95. The number of benzene rings is 1. The quantitative estimate of drug-likeness (QED) is 0.336. The lowest BCUT2D eigenvalue weighted by Gasteiger charge is -2.21. The Labute approximate surface area is 189 Å². The summed E-state index contributed by atoms with van der Waals surface area (Å²) < 4.78 is 5.08. The van der Waals surface area contributed by atoms with E-state index in [1.807, 2.05) is 0 Å². The summed E-state index contributed by atoms with van der Waals surface area (Å²) in [7, 11) is 1.44. The van der Waals surface area contributed by atoms with Crippen LogP contribution in [0.3, 0.4) is 0 Å². The highest BCUT2D eigenvalue weighted by molar-refractivity contribution is 7.80. The van der Waals surface area contributed by atoms with Gasteiger partial charge in [0.05, 0.1) is 18.7 Å². The highest BCUT2D eigenvalue weighted by Gasteiger charge is 2.26. The van der Waals surface area contributed by atoms with Gasteiger partial charge < -0.3 is 15.4 Å². The van der Waals surface area contributed by atoms with Gasteiger partial charge in [-0.2, -0.15) is 0 Å². The van der Waals surface area contributed by atoms with Crippen molar-refractivity contribution < 1.29 is 9.53 Å². The van der Waals surface area contributed by atoms with Gasteiger partial charge in [0.25, 0.3) is 0 Å². The van der Waals surface area contributed by atoms with Crippen molar-refractivity contribution in [1.82, 2.24) is 5.32 Å². The van der Waals surface area contributed by atoms with Crippen molar-refractivity contribution >= 4 is 39.6 Å². The molecule has 0 saturated heterocycles. The van der Waals surface area contributed by atoms with E-state index in [0.717, 1.165) is 36.2 Å². The van der Waals surface area contributed by atoms with Crippen LogP contribution in [0.2, 0.25) is 0 Å². The highest BCUT2D eigenvalue weighted by Crippen LogP contribution is 2.38. The molecule has 0 bridgehead atoms. The second kappa shape index (κ2) is 9.48. The van der Waals surface area contributed by atoms with Gasteiger partial charge in [0.1, 0.15) is 5.00 Å². The van der Waals surface area contributed by atoms with Crippen LogP contribution in [0.4, 0.5) is 5.00 Å². The maximum atomic E-state index is 12.5. The number of rotatable bonds is 4. The Morgan fingerprint density at radius 1 is 1.13 bits per heavy atom. The number of thiophene rings is 1. The Balaban J connectivity index is 1.73. The van der Waals surface area contributed by atoms with E-state index < -0.39 is 0 Å². The second-order valence-corrected chi connectivity index (χ2v) is 10.5. The summed E-state index contributed by atoms with van der Waals surface area (Å²) in [5.74, 6) is -0.287. The molecular weight excluding hydrogens is 412 g/mol. The third-order valence-corrected chi connectivity index (χ3v) is 7.09. The highest BCUT2D eigenvalue weighted by atomic mass is 32.1. The molecule has 30 heavy (non-hydrogen) atoms. The predicted octanol–water partition coefficient (Wildman–Crippen LogP) is 6.15. The largest absolute Gasteiger partial charge is 0.465 e. The number of anilines is 1. The number of fused-ring (bicyclic) bond motifs is 1. The number of nitrogens with one attached hydrogen (secondary N) is 2. The smallest absolute Gasteiger partial charge is 0.341 e.